The molecule has 0 atom stereocenters. The molecular formula is C28H39N3O4. The Labute approximate surface area is 208 Å². The van der Waals surface area contributed by atoms with Crippen LogP contribution in [0, 0.1) is 0 Å². The van der Waals surface area contributed by atoms with Crippen molar-refractivity contribution in [1.29, 1.82) is 0 Å². The molecule has 0 fully saturated rings. The van der Waals surface area contributed by atoms with Gasteiger partial charge in [-0.25, -0.2) is 5.43 Å². The molecule has 0 spiro atoms. The lowest BCUT2D eigenvalue weighted by atomic mass is 9.78. The summed E-state index contributed by atoms with van der Waals surface area (Å²) in [5, 5.41) is 27.1. The second-order valence-electron chi connectivity index (χ2n) is 11.7. The highest BCUT2D eigenvalue weighted by molar-refractivity contribution is 5.97. The van der Waals surface area contributed by atoms with Crippen LogP contribution in [0.4, 0.5) is 0 Å². The Balaban J connectivity index is 2.03. The molecule has 190 valence electrons. The number of carbonyl (C=O) groups is 2. The summed E-state index contributed by atoms with van der Waals surface area (Å²) >= 11 is 0. The maximum atomic E-state index is 12.4. The molecule has 2 rings (SSSR count). The van der Waals surface area contributed by atoms with Crippen molar-refractivity contribution in [3.8, 4) is 11.5 Å². The minimum absolute atomic E-state index is 0.185. The largest absolute Gasteiger partial charge is 0.508 e. The number of carbonyl (C=O) groups excluding carboxylic acids is 2. The Kier molecular flexibility index (Phi) is 8.37. The van der Waals surface area contributed by atoms with E-state index >= 15 is 0 Å². The van der Waals surface area contributed by atoms with Crippen molar-refractivity contribution in [1.82, 2.24) is 10.7 Å². The van der Waals surface area contributed by atoms with Crippen molar-refractivity contribution in [2.75, 3.05) is 0 Å². The van der Waals surface area contributed by atoms with Gasteiger partial charge in [-0.05, 0) is 66.5 Å². The van der Waals surface area contributed by atoms with E-state index in [2.05, 4.69) is 15.8 Å². The van der Waals surface area contributed by atoms with Gasteiger partial charge in [0, 0.05) is 16.7 Å². The molecule has 2 amide bonds. The Bertz CT molecular complexity index is 1050. The third-order valence-electron chi connectivity index (χ3n) is 5.53. The van der Waals surface area contributed by atoms with Gasteiger partial charge in [-0.15, -0.1) is 0 Å². The Morgan fingerprint density at radius 1 is 0.857 bits per heavy atom. The molecule has 2 aromatic rings. The van der Waals surface area contributed by atoms with Gasteiger partial charge < -0.3 is 15.5 Å². The summed E-state index contributed by atoms with van der Waals surface area (Å²) in [5.74, 6) is -0.469. The van der Waals surface area contributed by atoms with E-state index in [1.807, 2.05) is 67.5 Å². The highest BCUT2D eigenvalue weighted by Crippen LogP contribution is 2.39. The summed E-state index contributed by atoms with van der Waals surface area (Å²) < 4.78 is 0. The van der Waals surface area contributed by atoms with Gasteiger partial charge in [0.2, 0.25) is 11.8 Å². The van der Waals surface area contributed by atoms with E-state index in [0.29, 0.717) is 6.42 Å². The second-order valence-corrected chi connectivity index (χ2v) is 11.7. The summed E-state index contributed by atoms with van der Waals surface area (Å²) in [5.41, 5.74) is 4.59. The van der Waals surface area contributed by atoms with Crippen LogP contribution in [0.15, 0.2) is 41.5 Å². The molecule has 0 aliphatic heterocycles. The Morgan fingerprint density at radius 2 is 1.37 bits per heavy atom. The molecule has 0 aliphatic rings. The molecule has 0 bridgehead atoms. The summed E-state index contributed by atoms with van der Waals surface area (Å²) in [6.45, 7) is 15.9. The number of nitrogens with zero attached hydrogens (tertiary/aromatic N) is 1. The van der Waals surface area contributed by atoms with Gasteiger partial charge in [0.05, 0.1) is 6.21 Å². The maximum absolute atomic E-state index is 12.4. The van der Waals surface area contributed by atoms with E-state index in [4.69, 9.17) is 0 Å². The number of hydrogen-bond donors (Lipinski definition) is 4. The zero-order valence-corrected chi connectivity index (χ0v) is 22.1. The molecule has 0 radical (unpaired) electrons. The molecule has 2 aromatic carbocycles. The fourth-order valence-electron chi connectivity index (χ4n) is 3.83. The first-order chi connectivity index (χ1) is 16.0. The lowest BCUT2D eigenvalue weighted by molar-refractivity contribution is -0.130. The first-order valence-electron chi connectivity index (χ1n) is 11.8. The zero-order chi connectivity index (χ0) is 26.6. The number of hydrogen-bond acceptors (Lipinski definition) is 5. The van der Waals surface area contributed by atoms with Gasteiger partial charge in [0.15, 0.2) is 0 Å². The van der Waals surface area contributed by atoms with Gasteiger partial charge in [-0.1, -0.05) is 53.7 Å². The van der Waals surface area contributed by atoms with Crippen molar-refractivity contribution < 1.29 is 19.8 Å². The van der Waals surface area contributed by atoms with Crippen LogP contribution in [-0.2, 0) is 26.8 Å². The van der Waals surface area contributed by atoms with Crippen molar-refractivity contribution in [3.05, 3.63) is 58.7 Å². The standard InChI is InChI=1S/C28H39N3O4/c1-26(2,3)21-13-19(14-22(25(21)35)27(4,5)6)17-29-31-24(34)15-23(33)30-28(7,8)16-18-9-11-20(32)12-10-18/h9-14,17,32,35H,15-16H2,1-8H3,(H,30,33)(H,31,34). The predicted molar refractivity (Wildman–Crippen MR) is 140 cm³/mol. The average Bonchev–Trinajstić information content (AvgIpc) is 2.68. The molecule has 4 N–H and O–H groups in total. The number of phenols is 2. The Morgan fingerprint density at radius 3 is 1.86 bits per heavy atom. The van der Waals surface area contributed by atoms with Crippen molar-refractivity contribution in [2.24, 2.45) is 5.10 Å². The van der Waals surface area contributed by atoms with Crippen LogP contribution >= 0.6 is 0 Å². The van der Waals surface area contributed by atoms with Crippen LogP contribution in [0.3, 0.4) is 0 Å². The van der Waals surface area contributed by atoms with Gasteiger partial charge in [0.1, 0.15) is 17.9 Å². The molecule has 0 saturated heterocycles. The van der Waals surface area contributed by atoms with Crippen LogP contribution < -0.4 is 10.7 Å². The van der Waals surface area contributed by atoms with E-state index in [9.17, 15) is 19.8 Å². The fraction of sp³-hybridized carbons (Fsp3) is 0.464. The lowest BCUT2D eigenvalue weighted by Crippen LogP contribution is -2.46. The molecule has 0 saturated carbocycles. The topological polar surface area (TPSA) is 111 Å². The first-order valence-corrected chi connectivity index (χ1v) is 11.8. The molecule has 0 unspecified atom stereocenters. The monoisotopic (exact) mass is 481 g/mol. The van der Waals surface area contributed by atoms with Crippen molar-refractivity contribution in [3.63, 3.8) is 0 Å². The molecule has 0 aliphatic carbocycles. The van der Waals surface area contributed by atoms with Crippen LogP contribution in [0.1, 0.15) is 84.1 Å². The number of nitrogens with one attached hydrogen (secondary N) is 2. The summed E-state index contributed by atoms with van der Waals surface area (Å²) in [6, 6.07) is 10.5. The number of phenolic OH excluding ortho intramolecular Hbond substituents is 2. The zero-order valence-electron chi connectivity index (χ0n) is 22.1. The molecular weight excluding hydrogens is 442 g/mol. The summed E-state index contributed by atoms with van der Waals surface area (Å²) in [6.07, 6.45) is 1.72. The van der Waals surface area contributed by atoms with Crippen LogP contribution in [-0.4, -0.2) is 33.8 Å². The second kappa shape index (κ2) is 10.5. The molecule has 0 aromatic heterocycles. The minimum atomic E-state index is -0.573. The van der Waals surface area contributed by atoms with Gasteiger partial charge in [-0.2, -0.15) is 5.10 Å². The van der Waals surface area contributed by atoms with Gasteiger partial charge in [-0.3, -0.25) is 9.59 Å². The third kappa shape index (κ3) is 8.42. The normalized spacial score (nSPS) is 12.6. The minimum Gasteiger partial charge on any atom is -0.508 e. The maximum Gasteiger partial charge on any atom is 0.249 e. The van der Waals surface area contributed by atoms with E-state index in [1.54, 1.807) is 24.3 Å². The summed E-state index contributed by atoms with van der Waals surface area (Å²) in [7, 11) is 0. The summed E-state index contributed by atoms with van der Waals surface area (Å²) in [4.78, 5) is 24.7. The van der Waals surface area contributed by atoms with Gasteiger partial charge >= 0.3 is 0 Å². The van der Waals surface area contributed by atoms with Crippen LogP contribution in [0.5, 0.6) is 11.5 Å². The third-order valence-corrected chi connectivity index (χ3v) is 5.53. The SMILES string of the molecule is CC(C)(Cc1ccc(O)cc1)NC(=O)CC(=O)NN=Cc1cc(C(C)(C)C)c(O)c(C(C)(C)C)c1. The van der Waals surface area contributed by atoms with E-state index in [-0.39, 0.29) is 28.7 Å². The first kappa shape index (κ1) is 27.9. The molecule has 7 heteroatoms. The molecule has 35 heavy (non-hydrogen) atoms. The van der Waals surface area contributed by atoms with E-state index in [1.165, 1.54) is 6.21 Å². The van der Waals surface area contributed by atoms with E-state index in [0.717, 1.165) is 22.3 Å². The molecule has 7 nitrogen and oxygen atoms in total. The number of hydrazone groups is 1. The van der Waals surface area contributed by atoms with Gasteiger partial charge in [0.25, 0.3) is 0 Å². The quantitative estimate of drug-likeness (QED) is 0.262. The predicted octanol–water partition coefficient (Wildman–Crippen LogP) is 4.67. The fourth-order valence-corrected chi connectivity index (χ4v) is 3.83. The number of amides is 2. The Hall–Kier alpha value is -3.35. The number of rotatable bonds is 7. The smallest absolute Gasteiger partial charge is 0.249 e. The highest BCUT2D eigenvalue weighted by Gasteiger charge is 2.26. The van der Waals surface area contributed by atoms with Crippen LogP contribution in [0.25, 0.3) is 0 Å². The van der Waals surface area contributed by atoms with Crippen molar-refractivity contribution >= 4 is 18.0 Å². The van der Waals surface area contributed by atoms with E-state index < -0.39 is 17.4 Å². The number of benzene rings is 2. The number of aromatic hydroxyl groups is 2. The molecule has 0 heterocycles. The average molecular weight is 482 g/mol. The van der Waals surface area contributed by atoms with Crippen molar-refractivity contribution in [2.45, 2.75) is 84.6 Å². The van der Waals surface area contributed by atoms with Crippen LogP contribution in [0.2, 0.25) is 0 Å². The lowest BCUT2D eigenvalue weighted by Gasteiger charge is -2.27. The highest BCUT2D eigenvalue weighted by atomic mass is 16.3.